The number of aromatic carboxylic acids is 1. The van der Waals surface area contributed by atoms with Gasteiger partial charge in [-0.1, -0.05) is 12.1 Å². The van der Waals surface area contributed by atoms with Crippen molar-refractivity contribution in [2.75, 3.05) is 5.32 Å². The van der Waals surface area contributed by atoms with Crippen molar-refractivity contribution < 1.29 is 27.9 Å². The van der Waals surface area contributed by atoms with Gasteiger partial charge in [0.25, 0.3) is 5.82 Å². The number of pyridine rings is 1. The zero-order valence-electron chi connectivity index (χ0n) is 20.7. The van der Waals surface area contributed by atoms with Crippen molar-refractivity contribution in [3.05, 3.63) is 77.2 Å². The summed E-state index contributed by atoms with van der Waals surface area (Å²) in [5.74, 6) is -2.43. The van der Waals surface area contributed by atoms with Gasteiger partial charge >= 0.3 is 12.1 Å². The Hall–Kier alpha value is -5.58. The van der Waals surface area contributed by atoms with Crippen molar-refractivity contribution in [2.24, 2.45) is 0 Å². The lowest BCUT2D eigenvalue weighted by Gasteiger charge is -2.15. The van der Waals surface area contributed by atoms with E-state index in [2.05, 4.69) is 25.5 Å². The Balaban J connectivity index is 1.82. The van der Waals surface area contributed by atoms with Crippen molar-refractivity contribution in [2.45, 2.75) is 20.0 Å². The highest BCUT2D eigenvalue weighted by Gasteiger charge is 2.31. The number of benzene rings is 2. The van der Waals surface area contributed by atoms with E-state index in [-0.39, 0.29) is 34.1 Å². The molecule has 0 atom stereocenters. The van der Waals surface area contributed by atoms with Gasteiger partial charge in [0, 0.05) is 24.2 Å². The summed E-state index contributed by atoms with van der Waals surface area (Å²) in [7, 11) is 0. The predicted molar refractivity (Wildman–Crippen MR) is 134 cm³/mol. The van der Waals surface area contributed by atoms with E-state index in [1.54, 1.807) is 19.1 Å². The molecule has 40 heavy (non-hydrogen) atoms. The summed E-state index contributed by atoms with van der Waals surface area (Å²) in [4.78, 5) is 32.0. The number of carbonyl (C=O) groups is 2. The molecule has 0 aliphatic carbocycles. The van der Waals surface area contributed by atoms with Crippen LogP contribution in [0.2, 0.25) is 0 Å². The van der Waals surface area contributed by atoms with Crippen LogP contribution in [-0.2, 0) is 11.0 Å². The maximum atomic E-state index is 13.6. The van der Waals surface area contributed by atoms with Crippen LogP contribution < -0.4 is 5.32 Å². The van der Waals surface area contributed by atoms with Crippen LogP contribution in [0, 0.1) is 18.3 Å². The molecule has 3 heterocycles. The van der Waals surface area contributed by atoms with Gasteiger partial charge in [0.15, 0.2) is 11.5 Å². The molecular formula is C26H17F3N8O3. The minimum atomic E-state index is -4.61. The molecule has 0 bridgehead atoms. The molecule has 1 amide bonds. The molecule has 200 valence electrons. The normalized spacial score (nSPS) is 11.4. The van der Waals surface area contributed by atoms with Gasteiger partial charge in [-0.05, 0) is 54.4 Å². The molecular weight excluding hydrogens is 529 g/mol. The van der Waals surface area contributed by atoms with Crippen LogP contribution in [0.4, 0.5) is 19.1 Å². The number of alkyl halides is 3. The van der Waals surface area contributed by atoms with E-state index in [9.17, 15) is 27.9 Å². The summed E-state index contributed by atoms with van der Waals surface area (Å²) in [6, 6.07) is 12.8. The monoisotopic (exact) mass is 546 g/mol. The molecule has 2 N–H and O–H groups in total. The molecule has 0 aliphatic heterocycles. The molecule has 0 aliphatic rings. The molecule has 11 nitrogen and oxygen atoms in total. The van der Waals surface area contributed by atoms with Gasteiger partial charge in [-0.15, -0.1) is 10.2 Å². The highest BCUT2D eigenvalue weighted by molar-refractivity contribution is 5.90. The van der Waals surface area contributed by atoms with Gasteiger partial charge in [0.1, 0.15) is 0 Å². The Kier molecular flexibility index (Phi) is 6.26. The lowest BCUT2D eigenvalue weighted by molar-refractivity contribution is -0.137. The number of nitrogens with zero attached hydrogens (tertiary/aromatic N) is 7. The van der Waals surface area contributed by atoms with Gasteiger partial charge in [-0.25, -0.2) is 19.0 Å². The predicted octanol–water partition coefficient (Wildman–Crippen LogP) is 4.50. The topological polar surface area (TPSA) is 151 Å². The number of rotatable bonds is 5. The van der Waals surface area contributed by atoms with E-state index in [0.29, 0.717) is 16.8 Å². The maximum Gasteiger partial charge on any atom is 0.416 e. The summed E-state index contributed by atoms with van der Waals surface area (Å²) in [5, 5.41) is 29.5. The van der Waals surface area contributed by atoms with Crippen molar-refractivity contribution in [3.8, 4) is 34.3 Å². The summed E-state index contributed by atoms with van der Waals surface area (Å²) in [6.07, 6.45) is -3.14. The number of carboxylic acids is 1. The molecule has 0 spiro atoms. The third-order valence-corrected chi connectivity index (χ3v) is 5.93. The fraction of sp³-hybridized carbons (Fsp3) is 0.115. The number of amides is 1. The van der Waals surface area contributed by atoms with Crippen LogP contribution in [-0.4, -0.2) is 46.3 Å². The van der Waals surface area contributed by atoms with E-state index >= 15 is 0 Å². The lowest BCUT2D eigenvalue weighted by atomic mass is 9.96. The number of carboxylic acid groups (broad SMARTS) is 1. The van der Waals surface area contributed by atoms with Crippen LogP contribution in [0.15, 0.2) is 54.7 Å². The summed E-state index contributed by atoms with van der Waals surface area (Å²) in [6.45, 7) is 2.87. The van der Waals surface area contributed by atoms with E-state index in [0.717, 1.165) is 12.1 Å². The lowest BCUT2D eigenvalue weighted by Crippen LogP contribution is -2.07. The van der Waals surface area contributed by atoms with Crippen LogP contribution in [0.5, 0.6) is 0 Å². The van der Waals surface area contributed by atoms with E-state index in [1.807, 2.05) is 6.07 Å². The summed E-state index contributed by atoms with van der Waals surface area (Å²) >= 11 is 0. The molecule has 0 unspecified atom stereocenters. The molecule has 0 fully saturated rings. The van der Waals surface area contributed by atoms with Crippen molar-refractivity contribution in [1.82, 2.24) is 29.4 Å². The Bertz CT molecular complexity index is 1850. The number of fused-ring (bicyclic) bond motifs is 1. The van der Waals surface area contributed by atoms with E-state index in [4.69, 9.17) is 5.26 Å². The van der Waals surface area contributed by atoms with Crippen LogP contribution in [0.25, 0.3) is 33.8 Å². The van der Waals surface area contributed by atoms with Crippen LogP contribution in [0.3, 0.4) is 0 Å². The number of hydrogen-bond donors (Lipinski definition) is 2. The first-order valence-electron chi connectivity index (χ1n) is 11.5. The summed E-state index contributed by atoms with van der Waals surface area (Å²) < 4.78 is 43.3. The van der Waals surface area contributed by atoms with Crippen molar-refractivity contribution in [1.29, 1.82) is 5.26 Å². The second-order valence-corrected chi connectivity index (χ2v) is 8.64. The maximum absolute atomic E-state index is 13.6. The van der Waals surface area contributed by atoms with Crippen LogP contribution >= 0.6 is 0 Å². The molecule has 5 aromatic rings. The SMILES string of the molecule is CC(=O)Nc1nc2c(-c3cccc(C(F)(F)F)c3)c(C)c(-c3nc(C(=O)O)nn3-c3ccc(C#N)cc3)cn2n1. The average Bonchev–Trinajstić information content (AvgIpc) is 3.52. The number of hydrogen-bond acceptors (Lipinski definition) is 7. The van der Waals surface area contributed by atoms with Crippen molar-refractivity contribution >= 4 is 23.5 Å². The molecule has 0 radical (unpaired) electrons. The van der Waals surface area contributed by atoms with Crippen LogP contribution in [0.1, 0.15) is 34.2 Å². The Morgan fingerprint density at radius 3 is 2.42 bits per heavy atom. The average molecular weight is 546 g/mol. The number of carbonyl (C=O) groups excluding carboxylic acids is 1. The molecule has 14 heteroatoms. The van der Waals surface area contributed by atoms with Gasteiger partial charge in [-0.3, -0.25) is 10.1 Å². The number of aromatic nitrogens is 6. The number of nitrogens with one attached hydrogen (secondary N) is 1. The minimum Gasteiger partial charge on any atom is -0.475 e. The Morgan fingerprint density at radius 1 is 1.07 bits per heavy atom. The zero-order valence-corrected chi connectivity index (χ0v) is 20.7. The highest BCUT2D eigenvalue weighted by atomic mass is 19.4. The molecule has 2 aromatic carbocycles. The van der Waals surface area contributed by atoms with E-state index < -0.39 is 29.4 Å². The van der Waals surface area contributed by atoms with E-state index in [1.165, 1.54) is 46.6 Å². The largest absolute Gasteiger partial charge is 0.475 e. The Labute approximate surface area is 223 Å². The smallest absolute Gasteiger partial charge is 0.416 e. The van der Waals surface area contributed by atoms with Gasteiger partial charge in [-0.2, -0.15) is 23.4 Å². The minimum absolute atomic E-state index is 0.0475. The fourth-order valence-corrected chi connectivity index (χ4v) is 4.17. The van der Waals surface area contributed by atoms with Crippen molar-refractivity contribution in [3.63, 3.8) is 0 Å². The standard InChI is InChI=1S/C26H17F3N8O3/c1-13-19(22-32-21(24(39)40)34-37(22)18-8-6-15(11-30)7-9-18)12-36-23(33-25(35-36)31-14(2)38)20(13)16-4-3-5-17(10-16)26(27,28)29/h3-10,12H,1-2H3,(H,39,40)(H,31,35,38). The fourth-order valence-electron chi connectivity index (χ4n) is 4.17. The number of nitriles is 1. The molecule has 0 saturated heterocycles. The third kappa shape index (κ3) is 4.71. The first-order valence-corrected chi connectivity index (χ1v) is 11.5. The van der Waals surface area contributed by atoms with Gasteiger partial charge < -0.3 is 5.11 Å². The zero-order chi connectivity index (χ0) is 28.8. The quantitative estimate of drug-likeness (QED) is 0.327. The second kappa shape index (κ2) is 9.62. The summed E-state index contributed by atoms with van der Waals surface area (Å²) in [5.41, 5.74) is 1.09. The first kappa shape index (κ1) is 26.0. The second-order valence-electron chi connectivity index (χ2n) is 8.64. The Morgan fingerprint density at radius 2 is 1.80 bits per heavy atom. The first-order chi connectivity index (χ1) is 19.0. The highest BCUT2D eigenvalue weighted by Crippen LogP contribution is 2.38. The molecule has 5 rings (SSSR count). The third-order valence-electron chi connectivity index (χ3n) is 5.93. The van der Waals surface area contributed by atoms with Gasteiger partial charge in [0.2, 0.25) is 11.9 Å². The number of anilines is 1. The van der Waals surface area contributed by atoms with Gasteiger partial charge in [0.05, 0.1) is 22.9 Å². The molecule has 0 saturated carbocycles. The number of halogens is 3. The molecule has 3 aromatic heterocycles.